The van der Waals surface area contributed by atoms with E-state index in [0.29, 0.717) is 5.56 Å². The molecule has 1 N–H and O–H groups in total. The Labute approximate surface area is 121 Å². The molecule has 1 aromatic rings. The van der Waals surface area contributed by atoms with Gasteiger partial charge in [-0.1, -0.05) is 19.9 Å². The standard InChI is InChI=1S/C15H19F4NO/c1-14(2)12(7-13(14)21-3)20-8-9-4-5-11(16)10(6-9)15(17,18)19/h4-6,12-13,20H,7-8H2,1-3H3. The van der Waals surface area contributed by atoms with Gasteiger partial charge in [-0.25, -0.2) is 4.39 Å². The third kappa shape index (κ3) is 3.21. The summed E-state index contributed by atoms with van der Waals surface area (Å²) in [6.45, 7) is 4.37. The topological polar surface area (TPSA) is 21.3 Å². The minimum Gasteiger partial charge on any atom is -0.381 e. The minimum atomic E-state index is -4.67. The summed E-state index contributed by atoms with van der Waals surface area (Å²) >= 11 is 0. The fraction of sp³-hybridized carbons (Fsp3) is 0.600. The Morgan fingerprint density at radius 1 is 1.33 bits per heavy atom. The molecule has 0 radical (unpaired) electrons. The van der Waals surface area contributed by atoms with Crippen LogP contribution >= 0.6 is 0 Å². The van der Waals surface area contributed by atoms with E-state index < -0.39 is 17.6 Å². The van der Waals surface area contributed by atoms with Crippen LogP contribution in [0, 0.1) is 11.2 Å². The summed E-state index contributed by atoms with van der Waals surface area (Å²) in [5, 5.41) is 3.22. The summed E-state index contributed by atoms with van der Waals surface area (Å²) in [6.07, 6.45) is -3.71. The fourth-order valence-electron chi connectivity index (χ4n) is 2.77. The molecular weight excluding hydrogens is 286 g/mol. The highest BCUT2D eigenvalue weighted by molar-refractivity contribution is 5.27. The Morgan fingerprint density at radius 3 is 2.52 bits per heavy atom. The zero-order valence-corrected chi connectivity index (χ0v) is 12.2. The molecule has 0 aliphatic heterocycles. The van der Waals surface area contributed by atoms with Crippen molar-refractivity contribution in [3.8, 4) is 0 Å². The van der Waals surface area contributed by atoms with Gasteiger partial charge in [-0.3, -0.25) is 0 Å². The lowest BCUT2D eigenvalue weighted by atomic mass is 9.64. The Kier molecular flexibility index (Phi) is 4.31. The number of ether oxygens (including phenoxy) is 1. The molecule has 0 heterocycles. The lowest BCUT2D eigenvalue weighted by Crippen LogP contribution is -2.60. The number of benzene rings is 1. The van der Waals surface area contributed by atoms with Crippen LogP contribution in [0.5, 0.6) is 0 Å². The first-order chi connectivity index (χ1) is 9.66. The molecule has 0 aromatic heterocycles. The van der Waals surface area contributed by atoms with Gasteiger partial charge in [-0.2, -0.15) is 13.2 Å². The van der Waals surface area contributed by atoms with E-state index in [1.807, 2.05) is 13.8 Å². The molecule has 1 aliphatic rings. The number of hydrogen-bond donors (Lipinski definition) is 1. The normalized spacial score (nSPS) is 24.7. The molecule has 2 rings (SSSR count). The van der Waals surface area contributed by atoms with Gasteiger partial charge in [0, 0.05) is 25.1 Å². The van der Waals surface area contributed by atoms with Crippen LogP contribution in [-0.4, -0.2) is 19.3 Å². The second-order valence-corrected chi connectivity index (χ2v) is 6.03. The highest BCUT2D eigenvalue weighted by atomic mass is 19.4. The van der Waals surface area contributed by atoms with Crippen molar-refractivity contribution in [2.24, 2.45) is 5.41 Å². The van der Waals surface area contributed by atoms with E-state index in [1.54, 1.807) is 7.11 Å². The lowest BCUT2D eigenvalue weighted by molar-refractivity contribution is -0.140. The Bertz CT molecular complexity index is 513. The van der Waals surface area contributed by atoms with Crippen molar-refractivity contribution in [2.45, 2.75) is 45.1 Å². The second-order valence-electron chi connectivity index (χ2n) is 6.03. The summed E-state index contributed by atoms with van der Waals surface area (Å²) in [4.78, 5) is 0. The number of methoxy groups -OCH3 is 1. The SMILES string of the molecule is COC1CC(NCc2ccc(F)c(C(F)(F)F)c2)C1(C)C. The van der Waals surface area contributed by atoms with E-state index in [2.05, 4.69) is 5.32 Å². The first-order valence-corrected chi connectivity index (χ1v) is 6.78. The monoisotopic (exact) mass is 305 g/mol. The fourth-order valence-corrected chi connectivity index (χ4v) is 2.77. The van der Waals surface area contributed by atoms with Crippen molar-refractivity contribution in [3.05, 3.63) is 35.1 Å². The van der Waals surface area contributed by atoms with Gasteiger partial charge < -0.3 is 10.1 Å². The highest BCUT2D eigenvalue weighted by Crippen LogP contribution is 2.42. The van der Waals surface area contributed by atoms with Crippen LogP contribution in [0.15, 0.2) is 18.2 Å². The maximum atomic E-state index is 13.2. The van der Waals surface area contributed by atoms with Crippen molar-refractivity contribution < 1.29 is 22.3 Å². The molecule has 1 fully saturated rings. The van der Waals surface area contributed by atoms with Crippen molar-refractivity contribution in [3.63, 3.8) is 0 Å². The van der Waals surface area contributed by atoms with E-state index in [0.717, 1.165) is 18.6 Å². The van der Waals surface area contributed by atoms with Gasteiger partial charge in [0.25, 0.3) is 0 Å². The molecule has 0 spiro atoms. The molecule has 1 aliphatic carbocycles. The third-order valence-electron chi connectivity index (χ3n) is 4.35. The van der Waals surface area contributed by atoms with Crippen molar-refractivity contribution in [1.82, 2.24) is 5.32 Å². The van der Waals surface area contributed by atoms with Crippen molar-refractivity contribution in [1.29, 1.82) is 0 Å². The number of hydrogen-bond acceptors (Lipinski definition) is 2. The van der Waals surface area contributed by atoms with E-state index in [9.17, 15) is 17.6 Å². The molecule has 0 bridgehead atoms. The smallest absolute Gasteiger partial charge is 0.381 e. The number of nitrogens with one attached hydrogen (secondary N) is 1. The zero-order valence-electron chi connectivity index (χ0n) is 12.2. The molecule has 2 atom stereocenters. The molecular formula is C15H19F4NO. The van der Waals surface area contributed by atoms with Crippen LogP contribution in [0.3, 0.4) is 0 Å². The Balaban J connectivity index is 2.02. The second kappa shape index (κ2) is 5.57. The molecule has 2 nitrogen and oxygen atoms in total. The van der Waals surface area contributed by atoms with Crippen LogP contribution in [0.2, 0.25) is 0 Å². The van der Waals surface area contributed by atoms with Gasteiger partial charge >= 0.3 is 6.18 Å². The van der Waals surface area contributed by atoms with Crippen LogP contribution in [0.4, 0.5) is 17.6 Å². The molecule has 6 heteroatoms. The summed E-state index contributed by atoms with van der Waals surface area (Å²) in [7, 11) is 1.65. The Morgan fingerprint density at radius 2 is 2.00 bits per heavy atom. The van der Waals surface area contributed by atoms with Gasteiger partial charge in [-0.05, 0) is 24.1 Å². The van der Waals surface area contributed by atoms with Gasteiger partial charge in [0.15, 0.2) is 0 Å². The first kappa shape index (κ1) is 16.2. The molecule has 21 heavy (non-hydrogen) atoms. The average Bonchev–Trinajstić information content (AvgIpc) is 2.38. The van der Waals surface area contributed by atoms with E-state index >= 15 is 0 Å². The highest BCUT2D eigenvalue weighted by Gasteiger charge is 2.48. The predicted molar refractivity (Wildman–Crippen MR) is 71.2 cm³/mol. The molecule has 2 unspecified atom stereocenters. The number of halogens is 4. The van der Waals surface area contributed by atoms with E-state index in [4.69, 9.17) is 4.74 Å². The van der Waals surface area contributed by atoms with Crippen LogP contribution in [0.1, 0.15) is 31.4 Å². The Hall–Kier alpha value is -1.14. The van der Waals surface area contributed by atoms with Gasteiger partial charge in [0.2, 0.25) is 0 Å². The molecule has 1 aromatic carbocycles. The molecule has 0 amide bonds. The summed E-state index contributed by atoms with van der Waals surface area (Å²) < 4.78 is 56.5. The van der Waals surface area contributed by atoms with Crippen LogP contribution in [-0.2, 0) is 17.5 Å². The van der Waals surface area contributed by atoms with Crippen molar-refractivity contribution >= 4 is 0 Å². The lowest BCUT2D eigenvalue weighted by Gasteiger charge is -2.51. The van der Waals surface area contributed by atoms with Gasteiger partial charge in [0.1, 0.15) is 5.82 Å². The average molecular weight is 305 g/mol. The minimum absolute atomic E-state index is 0.0678. The van der Waals surface area contributed by atoms with Crippen LogP contribution < -0.4 is 5.32 Å². The van der Waals surface area contributed by atoms with E-state index in [1.165, 1.54) is 6.07 Å². The maximum absolute atomic E-state index is 13.2. The largest absolute Gasteiger partial charge is 0.419 e. The molecule has 1 saturated carbocycles. The summed E-state index contributed by atoms with van der Waals surface area (Å²) in [5.74, 6) is -1.24. The number of rotatable bonds is 4. The predicted octanol–water partition coefficient (Wildman–Crippen LogP) is 3.75. The molecule has 0 saturated heterocycles. The zero-order chi connectivity index (χ0) is 15.8. The van der Waals surface area contributed by atoms with Gasteiger partial charge in [-0.15, -0.1) is 0 Å². The summed E-state index contributed by atoms with van der Waals surface area (Å²) in [5.41, 5.74) is -0.869. The number of alkyl halides is 3. The van der Waals surface area contributed by atoms with Gasteiger partial charge in [0.05, 0.1) is 11.7 Å². The van der Waals surface area contributed by atoms with Crippen molar-refractivity contribution in [2.75, 3.05) is 7.11 Å². The molecule has 118 valence electrons. The third-order valence-corrected chi connectivity index (χ3v) is 4.35. The quantitative estimate of drug-likeness (QED) is 0.856. The first-order valence-electron chi connectivity index (χ1n) is 6.78. The summed E-state index contributed by atoms with van der Waals surface area (Å²) in [6, 6.07) is 3.27. The maximum Gasteiger partial charge on any atom is 0.419 e. The van der Waals surface area contributed by atoms with E-state index in [-0.39, 0.29) is 24.1 Å². The van der Waals surface area contributed by atoms with Crippen LogP contribution in [0.25, 0.3) is 0 Å².